The number of benzene rings is 1. The smallest absolute Gasteiger partial charge is 0.256 e. The lowest BCUT2D eigenvalue weighted by atomic mass is 9.90. The molecule has 4 rings (SSSR count). The van der Waals surface area contributed by atoms with Gasteiger partial charge in [0, 0.05) is 39.1 Å². The number of rotatable bonds is 9. The first-order valence-electron chi connectivity index (χ1n) is 12.6. The zero-order chi connectivity index (χ0) is 24.4. The molecule has 6 heteroatoms. The number of hydrogen-bond acceptors (Lipinski definition) is 3. The van der Waals surface area contributed by atoms with Crippen LogP contribution >= 0.6 is 15.9 Å². The van der Waals surface area contributed by atoms with Crippen molar-refractivity contribution in [1.82, 2.24) is 9.88 Å². The molecule has 1 aromatic carbocycles. The normalized spacial score (nSPS) is 17.3. The summed E-state index contributed by atoms with van der Waals surface area (Å²) in [6.07, 6.45) is 7.07. The zero-order valence-corrected chi connectivity index (χ0v) is 22.3. The van der Waals surface area contributed by atoms with Gasteiger partial charge in [-0.2, -0.15) is 0 Å². The number of nitrogens with zero attached hydrogens (tertiary/aromatic N) is 1. The van der Waals surface area contributed by atoms with Crippen LogP contribution in [0.4, 0.5) is 5.69 Å². The van der Waals surface area contributed by atoms with E-state index in [2.05, 4.69) is 58.8 Å². The molecular formula is C28H36BrN3O2. The molecule has 0 unspecified atom stereocenters. The van der Waals surface area contributed by atoms with Gasteiger partial charge in [0.15, 0.2) is 5.78 Å². The minimum Gasteiger partial charge on any atom is -0.358 e. The molecule has 1 aromatic heterocycles. The van der Waals surface area contributed by atoms with Crippen LogP contribution in [0.2, 0.25) is 0 Å². The number of hydrogen-bond donors (Lipinski definition) is 2. The maximum absolute atomic E-state index is 13.5. The van der Waals surface area contributed by atoms with Crippen LogP contribution in [0.1, 0.15) is 105 Å². The fourth-order valence-electron chi connectivity index (χ4n) is 5.20. The second kappa shape index (κ2) is 10.6. The van der Waals surface area contributed by atoms with E-state index >= 15 is 0 Å². The Hall–Kier alpha value is -2.18. The molecule has 0 atom stereocenters. The second-order valence-electron chi connectivity index (χ2n) is 10.2. The Labute approximate surface area is 211 Å². The van der Waals surface area contributed by atoms with E-state index in [1.165, 1.54) is 25.9 Å². The number of anilines is 1. The number of carbonyl (C=O) groups is 2. The lowest BCUT2D eigenvalue weighted by molar-refractivity contribution is -0.110. The summed E-state index contributed by atoms with van der Waals surface area (Å²) in [6.45, 7) is 12.0. The number of unbranched alkanes of at least 4 members (excludes halogenated alkanes) is 1. The largest absolute Gasteiger partial charge is 0.358 e. The summed E-state index contributed by atoms with van der Waals surface area (Å²) in [6, 6.07) is 5.80. The summed E-state index contributed by atoms with van der Waals surface area (Å²) >= 11 is 3.52. The number of Topliss-reactive ketones (excluding diaryl/α,β-unsaturated/α-hetero) is 1. The van der Waals surface area contributed by atoms with Crippen molar-refractivity contribution in [2.75, 3.05) is 25.0 Å². The van der Waals surface area contributed by atoms with Crippen molar-refractivity contribution in [2.45, 2.75) is 71.6 Å². The molecule has 2 N–H and O–H groups in total. The van der Waals surface area contributed by atoms with Crippen molar-refractivity contribution in [3.8, 4) is 0 Å². The summed E-state index contributed by atoms with van der Waals surface area (Å²) in [5, 5.41) is 2.96. The minimum atomic E-state index is -0.113. The molecule has 2 aliphatic rings. The van der Waals surface area contributed by atoms with Crippen LogP contribution in [-0.2, 0) is 4.79 Å². The fourth-order valence-corrected chi connectivity index (χ4v) is 5.56. The average Bonchev–Trinajstić information content (AvgIpc) is 3.50. The van der Waals surface area contributed by atoms with Gasteiger partial charge in [-0.3, -0.25) is 9.59 Å². The maximum atomic E-state index is 13.5. The van der Waals surface area contributed by atoms with Crippen LogP contribution in [0, 0.1) is 0 Å². The van der Waals surface area contributed by atoms with Gasteiger partial charge in [-0.15, -0.1) is 0 Å². The van der Waals surface area contributed by atoms with Crippen LogP contribution in [-0.4, -0.2) is 41.2 Å². The van der Waals surface area contributed by atoms with Gasteiger partial charge in [0.1, 0.15) is 0 Å². The zero-order valence-electron chi connectivity index (χ0n) is 20.8. The fraction of sp³-hybridized carbons (Fsp3) is 0.500. The third-order valence-electron chi connectivity index (χ3n) is 6.91. The Balaban J connectivity index is 1.64. The molecule has 34 heavy (non-hydrogen) atoms. The van der Waals surface area contributed by atoms with E-state index in [1.807, 2.05) is 24.3 Å². The quantitative estimate of drug-likeness (QED) is 0.211. The highest BCUT2D eigenvalue weighted by Crippen LogP contribution is 2.38. The molecule has 2 aromatic rings. The van der Waals surface area contributed by atoms with Crippen molar-refractivity contribution in [2.24, 2.45) is 0 Å². The summed E-state index contributed by atoms with van der Waals surface area (Å²) < 4.78 is 0.928. The Morgan fingerprint density at radius 2 is 1.85 bits per heavy atom. The first kappa shape index (κ1) is 24.9. The molecule has 1 saturated heterocycles. The number of aromatic amines is 1. The van der Waals surface area contributed by atoms with Crippen LogP contribution < -0.4 is 5.32 Å². The molecule has 0 spiro atoms. The second-order valence-corrected chi connectivity index (χ2v) is 11.1. The van der Waals surface area contributed by atoms with E-state index in [9.17, 15) is 9.59 Å². The number of nitrogens with one attached hydrogen (secondary N) is 2. The molecule has 1 fully saturated rings. The van der Waals surface area contributed by atoms with Crippen LogP contribution in [0.5, 0.6) is 0 Å². The number of carbonyl (C=O) groups excluding carboxylic acids is 2. The van der Waals surface area contributed by atoms with Gasteiger partial charge >= 0.3 is 0 Å². The number of H-pyrrole nitrogens is 1. The third kappa shape index (κ3) is 5.23. The Morgan fingerprint density at radius 1 is 1.12 bits per heavy atom. The van der Waals surface area contributed by atoms with E-state index in [4.69, 9.17) is 0 Å². The average molecular weight is 527 g/mol. The van der Waals surface area contributed by atoms with Gasteiger partial charge < -0.3 is 15.2 Å². The molecule has 0 saturated carbocycles. The lowest BCUT2D eigenvalue weighted by Gasteiger charge is -2.14. The molecular weight excluding hydrogens is 490 g/mol. The molecule has 3 heterocycles. The van der Waals surface area contributed by atoms with Crippen molar-refractivity contribution in [1.29, 1.82) is 0 Å². The van der Waals surface area contributed by atoms with Crippen LogP contribution in [0.15, 0.2) is 22.7 Å². The number of aromatic nitrogens is 1. The number of ketones is 1. The first-order valence-corrected chi connectivity index (χ1v) is 13.4. The molecule has 182 valence electrons. The highest BCUT2D eigenvalue weighted by atomic mass is 79.9. The molecule has 0 radical (unpaired) electrons. The topological polar surface area (TPSA) is 65.2 Å². The van der Waals surface area contributed by atoms with Gasteiger partial charge in [-0.25, -0.2) is 0 Å². The Kier molecular flexibility index (Phi) is 7.78. The van der Waals surface area contributed by atoms with Crippen molar-refractivity contribution < 1.29 is 9.59 Å². The Bertz CT molecular complexity index is 1110. The van der Waals surface area contributed by atoms with E-state index in [0.29, 0.717) is 12.0 Å². The lowest BCUT2D eigenvalue weighted by Crippen LogP contribution is -2.20. The summed E-state index contributed by atoms with van der Waals surface area (Å²) in [7, 11) is 0. The van der Waals surface area contributed by atoms with Gasteiger partial charge in [0.25, 0.3) is 5.91 Å². The summed E-state index contributed by atoms with van der Waals surface area (Å²) in [5.41, 5.74) is 6.03. The SMILES string of the molecule is CC(C)c1[nH]c(/C=C2\C(=O)Nc3ccc(Br)cc32)c(C(C)C)c1C(=O)CCCCN1CCCC1. The first-order chi connectivity index (χ1) is 16.3. The van der Waals surface area contributed by atoms with Crippen molar-refractivity contribution in [3.63, 3.8) is 0 Å². The summed E-state index contributed by atoms with van der Waals surface area (Å²) in [5.74, 6) is 0.449. The van der Waals surface area contributed by atoms with Crippen molar-refractivity contribution in [3.05, 3.63) is 50.8 Å². The number of amides is 1. The maximum Gasteiger partial charge on any atom is 0.256 e. The molecule has 0 bridgehead atoms. The molecule has 2 aliphatic heterocycles. The predicted molar refractivity (Wildman–Crippen MR) is 143 cm³/mol. The molecule has 1 amide bonds. The number of halogens is 1. The van der Waals surface area contributed by atoms with E-state index in [1.54, 1.807) is 0 Å². The van der Waals surface area contributed by atoms with E-state index < -0.39 is 0 Å². The number of likely N-dealkylation sites (tertiary alicyclic amines) is 1. The monoisotopic (exact) mass is 525 g/mol. The highest BCUT2D eigenvalue weighted by Gasteiger charge is 2.29. The van der Waals surface area contributed by atoms with Gasteiger partial charge in [-0.05, 0) is 87.0 Å². The van der Waals surface area contributed by atoms with Crippen LogP contribution in [0.25, 0.3) is 11.6 Å². The third-order valence-corrected chi connectivity index (χ3v) is 7.41. The van der Waals surface area contributed by atoms with E-state index in [0.717, 1.165) is 57.6 Å². The van der Waals surface area contributed by atoms with Gasteiger partial charge in [-0.1, -0.05) is 43.6 Å². The predicted octanol–water partition coefficient (Wildman–Crippen LogP) is 6.97. The highest BCUT2D eigenvalue weighted by molar-refractivity contribution is 9.10. The van der Waals surface area contributed by atoms with Crippen LogP contribution in [0.3, 0.4) is 0 Å². The standard InChI is InChI=1S/C28H36BrN3O2/c1-17(2)25-23(16-21-20-15-19(29)10-11-22(20)31-28(21)34)30-27(18(3)4)26(25)24(33)9-5-6-12-32-13-7-8-14-32/h10-11,15-18,30H,5-9,12-14H2,1-4H3,(H,31,34)/b21-16-. The molecule has 0 aliphatic carbocycles. The molecule has 5 nitrogen and oxygen atoms in total. The van der Waals surface area contributed by atoms with Crippen molar-refractivity contribution >= 4 is 45.0 Å². The number of fused-ring (bicyclic) bond motifs is 1. The van der Waals surface area contributed by atoms with E-state index in [-0.39, 0.29) is 23.5 Å². The van der Waals surface area contributed by atoms with Gasteiger partial charge in [0.05, 0.1) is 5.57 Å². The Morgan fingerprint density at radius 3 is 2.53 bits per heavy atom. The summed E-state index contributed by atoms with van der Waals surface area (Å²) in [4.78, 5) is 32.4. The minimum absolute atomic E-state index is 0.113. The van der Waals surface area contributed by atoms with Gasteiger partial charge in [0.2, 0.25) is 0 Å².